The van der Waals surface area contributed by atoms with Gasteiger partial charge in [0.05, 0.1) is 16.5 Å². The number of carbonyl (C=O) groups is 1. The van der Waals surface area contributed by atoms with E-state index in [2.05, 4.69) is 10.3 Å². The molecule has 2 heterocycles. The number of pyridine rings is 1. The van der Waals surface area contributed by atoms with Crippen LogP contribution in [0.1, 0.15) is 11.1 Å². The van der Waals surface area contributed by atoms with Gasteiger partial charge in [0.15, 0.2) is 0 Å². The highest BCUT2D eigenvalue weighted by Gasteiger charge is 2.29. The van der Waals surface area contributed by atoms with Crippen LogP contribution in [0.4, 0.5) is 5.82 Å². The Morgan fingerprint density at radius 3 is 2.43 bits per heavy atom. The van der Waals surface area contributed by atoms with Crippen molar-refractivity contribution in [2.75, 3.05) is 38.0 Å². The van der Waals surface area contributed by atoms with Gasteiger partial charge in [-0.15, -0.1) is 0 Å². The maximum Gasteiger partial charge on any atom is 0.243 e. The van der Waals surface area contributed by atoms with Crippen molar-refractivity contribution in [2.24, 2.45) is 0 Å². The molecule has 0 radical (unpaired) electrons. The number of hydrogen-bond acceptors (Lipinski definition) is 5. The Bertz CT molecular complexity index is 956. The summed E-state index contributed by atoms with van der Waals surface area (Å²) in [6.45, 7) is 5.72. The standard InChI is InChI=1S/C19H23ClN4O3S/c1-14-3-5-17(11-15(14)2)28(26,27)24-9-7-23(8-10-24)13-19(25)22-18-6-4-16(20)12-21-18/h3-6,11-12H,7-10,13H2,1-2H3,(H,21,22,25). The fraction of sp³-hybridized carbons (Fsp3) is 0.368. The highest BCUT2D eigenvalue weighted by Crippen LogP contribution is 2.20. The normalized spacial score (nSPS) is 16.1. The molecule has 3 rings (SSSR count). The van der Waals surface area contributed by atoms with Gasteiger partial charge < -0.3 is 5.32 Å². The third kappa shape index (κ3) is 4.88. The molecule has 1 aromatic heterocycles. The number of rotatable bonds is 5. The number of amides is 1. The molecule has 7 nitrogen and oxygen atoms in total. The molecule has 1 fully saturated rings. The summed E-state index contributed by atoms with van der Waals surface area (Å²) in [5, 5.41) is 3.21. The quantitative estimate of drug-likeness (QED) is 0.799. The van der Waals surface area contributed by atoms with Crippen LogP contribution in [0.15, 0.2) is 41.4 Å². The number of piperazine rings is 1. The number of benzene rings is 1. The lowest BCUT2D eigenvalue weighted by atomic mass is 10.1. The van der Waals surface area contributed by atoms with Gasteiger partial charge in [0.2, 0.25) is 15.9 Å². The monoisotopic (exact) mass is 422 g/mol. The maximum atomic E-state index is 12.9. The van der Waals surface area contributed by atoms with E-state index in [4.69, 9.17) is 11.6 Å². The Labute approximate surface area is 170 Å². The summed E-state index contributed by atoms with van der Waals surface area (Å²) in [6.07, 6.45) is 1.47. The molecule has 28 heavy (non-hydrogen) atoms. The summed E-state index contributed by atoms with van der Waals surface area (Å²) in [5.74, 6) is 0.241. The molecule has 0 unspecified atom stereocenters. The zero-order chi connectivity index (χ0) is 20.3. The zero-order valence-corrected chi connectivity index (χ0v) is 17.4. The second-order valence-corrected chi connectivity index (χ2v) is 9.21. The second-order valence-electron chi connectivity index (χ2n) is 6.84. The molecule has 0 spiro atoms. The van der Waals surface area contributed by atoms with Crippen LogP contribution in [0.2, 0.25) is 5.02 Å². The number of carbonyl (C=O) groups excluding carboxylic acids is 1. The van der Waals surface area contributed by atoms with Gasteiger partial charge in [-0.25, -0.2) is 13.4 Å². The van der Waals surface area contributed by atoms with Crippen LogP contribution >= 0.6 is 11.6 Å². The lowest BCUT2D eigenvalue weighted by Crippen LogP contribution is -2.50. The Morgan fingerprint density at radius 1 is 1.11 bits per heavy atom. The minimum atomic E-state index is -3.52. The summed E-state index contributed by atoms with van der Waals surface area (Å²) in [6, 6.07) is 8.47. The first-order chi connectivity index (χ1) is 13.3. The van der Waals surface area contributed by atoms with Crippen molar-refractivity contribution in [3.63, 3.8) is 0 Å². The number of hydrogen-bond donors (Lipinski definition) is 1. The van der Waals surface area contributed by atoms with E-state index in [0.717, 1.165) is 11.1 Å². The van der Waals surface area contributed by atoms with Gasteiger partial charge in [-0.3, -0.25) is 9.69 Å². The van der Waals surface area contributed by atoms with Crippen LogP contribution in [-0.4, -0.2) is 61.2 Å². The maximum absolute atomic E-state index is 12.9. The first-order valence-corrected chi connectivity index (χ1v) is 10.8. The first kappa shape index (κ1) is 20.7. The van der Waals surface area contributed by atoms with Gasteiger partial charge in [-0.1, -0.05) is 17.7 Å². The predicted molar refractivity (Wildman–Crippen MR) is 109 cm³/mol. The largest absolute Gasteiger partial charge is 0.310 e. The van der Waals surface area contributed by atoms with E-state index in [1.165, 1.54) is 10.5 Å². The molecule has 9 heteroatoms. The van der Waals surface area contributed by atoms with E-state index in [-0.39, 0.29) is 12.5 Å². The number of aromatic nitrogens is 1. The smallest absolute Gasteiger partial charge is 0.243 e. The van der Waals surface area contributed by atoms with Crippen molar-refractivity contribution in [3.05, 3.63) is 52.7 Å². The van der Waals surface area contributed by atoms with Gasteiger partial charge >= 0.3 is 0 Å². The molecule has 2 aromatic rings. The molecule has 1 amide bonds. The molecule has 1 aromatic carbocycles. The highest BCUT2D eigenvalue weighted by molar-refractivity contribution is 7.89. The van der Waals surface area contributed by atoms with E-state index in [1.54, 1.807) is 24.3 Å². The summed E-state index contributed by atoms with van der Waals surface area (Å²) >= 11 is 5.78. The summed E-state index contributed by atoms with van der Waals surface area (Å²) in [4.78, 5) is 18.5. The third-order valence-corrected chi connectivity index (χ3v) is 6.93. The van der Waals surface area contributed by atoms with Crippen molar-refractivity contribution in [3.8, 4) is 0 Å². The molecule has 1 saturated heterocycles. The predicted octanol–water partition coefficient (Wildman–Crippen LogP) is 2.30. The van der Waals surface area contributed by atoms with Crippen molar-refractivity contribution >= 4 is 33.3 Å². The van der Waals surface area contributed by atoms with E-state index < -0.39 is 10.0 Å². The molecule has 0 aliphatic carbocycles. The van der Waals surface area contributed by atoms with Gasteiger partial charge in [0.25, 0.3) is 0 Å². The molecule has 0 atom stereocenters. The van der Waals surface area contributed by atoms with Crippen LogP contribution in [0.3, 0.4) is 0 Å². The van der Waals surface area contributed by atoms with Crippen LogP contribution < -0.4 is 5.32 Å². The Kier molecular flexibility index (Phi) is 6.34. The zero-order valence-electron chi connectivity index (χ0n) is 15.9. The van der Waals surface area contributed by atoms with E-state index in [1.807, 2.05) is 24.8 Å². The number of sulfonamides is 1. The topological polar surface area (TPSA) is 82.6 Å². The van der Waals surface area contributed by atoms with Gasteiger partial charge in [0.1, 0.15) is 5.82 Å². The molecular formula is C19H23ClN4O3S. The van der Waals surface area contributed by atoms with Gasteiger partial charge in [0, 0.05) is 32.4 Å². The lowest BCUT2D eigenvalue weighted by molar-refractivity contribution is -0.117. The Balaban J connectivity index is 1.55. The van der Waals surface area contributed by atoms with E-state index in [0.29, 0.717) is 41.9 Å². The van der Waals surface area contributed by atoms with Crippen molar-refractivity contribution in [1.82, 2.24) is 14.2 Å². The third-order valence-electron chi connectivity index (χ3n) is 4.81. The lowest BCUT2D eigenvalue weighted by Gasteiger charge is -2.33. The molecule has 1 aliphatic rings. The molecule has 0 bridgehead atoms. The van der Waals surface area contributed by atoms with Crippen molar-refractivity contribution < 1.29 is 13.2 Å². The van der Waals surface area contributed by atoms with Gasteiger partial charge in [-0.05, 0) is 49.2 Å². The summed E-state index contributed by atoms with van der Waals surface area (Å²) in [5.41, 5.74) is 2.01. The van der Waals surface area contributed by atoms with Crippen molar-refractivity contribution in [2.45, 2.75) is 18.7 Å². The van der Waals surface area contributed by atoms with Gasteiger partial charge in [-0.2, -0.15) is 4.31 Å². The minimum absolute atomic E-state index is 0.182. The summed E-state index contributed by atoms with van der Waals surface area (Å²) < 4.78 is 27.2. The number of aryl methyl sites for hydroxylation is 2. The number of anilines is 1. The Morgan fingerprint density at radius 2 is 1.82 bits per heavy atom. The van der Waals surface area contributed by atoms with Crippen LogP contribution in [-0.2, 0) is 14.8 Å². The Hall–Kier alpha value is -2.00. The van der Waals surface area contributed by atoms with Crippen LogP contribution in [0, 0.1) is 13.8 Å². The highest BCUT2D eigenvalue weighted by atomic mass is 35.5. The van der Waals surface area contributed by atoms with E-state index >= 15 is 0 Å². The number of nitrogens with zero attached hydrogens (tertiary/aromatic N) is 3. The SMILES string of the molecule is Cc1ccc(S(=O)(=O)N2CCN(CC(=O)Nc3ccc(Cl)cn3)CC2)cc1C. The molecule has 1 N–H and O–H groups in total. The number of halogens is 1. The molecule has 0 saturated carbocycles. The minimum Gasteiger partial charge on any atom is -0.310 e. The fourth-order valence-electron chi connectivity index (χ4n) is 2.99. The first-order valence-electron chi connectivity index (χ1n) is 8.97. The van der Waals surface area contributed by atoms with Crippen LogP contribution in [0.25, 0.3) is 0 Å². The average molecular weight is 423 g/mol. The van der Waals surface area contributed by atoms with Crippen LogP contribution in [0.5, 0.6) is 0 Å². The molecule has 150 valence electrons. The van der Waals surface area contributed by atoms with E-state index in [9.17, 15) is 13.2 Å². The summed E-state index contributed by atoms with van der Waals surface area (Å²) in [7, 11) is -3.52. The molecular weight excluding hydrogens is 400 g/mol. The second kappa shape index (κ2) is 8.57. The fourth-order valence-corrected chi connectivity index (χ4v) is 4.61. The number of nitrogens with one attached hydrogen (secondary N) is 1. The molecule has 1 aliphatic heterocycles. The average Bonchev–Trinajstić information content (AvgIpc) is 2.66. The van der Waals surface area contributed by atoms with Crippen molar-refractivity contribution in [1.29, 1.82) is 0 Å².